The van der Waals surface area contributed by atoms with E-state index in [4.69, 9.17) is 14.2 Å². The molecule has 0 aliphatic rings. The molecule has 3 aromatic rings. The van der Waals surface area contributed by atoms with Gasteiger partial charge in [0.25, 0.3) is 0 Å². The number of fused-ring (bicyclic) bond motifs is 1. The van der Waals surface area contributed by atoms with E-state index < -0.39 is 12.1 Å². The Morgan fingerprint density at radius 1 is 1.10 bits per heavy atom. The lowest BCUT2D eigenvalue weighted by molar-refractivity contribution is -0.139. The second kappa shape index (κ2) is 9.62. The summed E-state index contributed by atoms with van der Waals surface area (Å²) in [5.74, 6) is 0.0914. The highest BCUT2D eigenvalue weighted by Crippen LogP contribution is 2.27. The molecule has 8 nitrogen and oxygen atoms in total. The minimum atomic E-state index is -0.554. The van der Waals surface area contributed by atoms with Crippen LogP contribution in [0, 0.1) is 0 Å². The summed E-state index contributed by atoms with van der Waals surface area (Å²) in [5, 5.41) is 10.4. The second-order valence-corrected chi connectivity index (χ2v) is 6.77. The van der Waals surface area contributed by atoms with Gasteiger partial charge < -0.3 is 24.2 Å². The maximum absolute atomic E-state index is 12.1. The Morgan fingerprint density at radius 3 is 2.65 bits per heavy atom. The van der Waals surface area contributed by atoms with Crippen LogP contribution >= 0.6 is 0 Å². The van der Waals surface area contributed by atoms with Crippen molar-refractivity contribution in [1.29, 1.82) is 0 Å². The van der Waals surface area contributed by atoms with Crippen LogP contribution < -0.4 is 9.47 Å². The molecule has 8 heteroatoms. The molecule has 1 heterocycles. The number of rotatable bonds is 6. The van der Waals surface area contributed by atoms with Crippen LogP contribution in [0.3, 0.4) is 0 Å². The Kier molecular flexibility index (Phi) is 6.71. The van der Waals surface area contributed by atoms with Gasteiger partial charge in [-0.15, -0.1) is 0 Å². The number of phenols is 1. The van der Waals surface area contributed by atoms with E-state index in [1.165, 1.54) is 24.2 Å². The quantitative estimate of drug-likeness (QED) is 0.477. The van der Waals surface area contributed by atoms with Crippen molar-refractivity contribution in [3.8, 4) is 17.2 Å². The number of para-hydroxylation sites is 1. The van der Waals surface area contributed by atoms with Gasteiger partial charge in [0.05, 0.1) is 12.8 Å². The summed E-state index contributed by atoms with van der Waals surface area (Å²) < 4.78 is 15.7. The molecular formula is C23H22N2O6. The van der Waals surface area contributed by atoms with E-state index >= 15 is 0 Å². The molecule has 160 valence electrons. The van der Waals surface area contributed by atoms with E-state index in [-0.39, 0.29) is 12.4 Å². The zero-order valence-electron chi connectivity index (χ0n) is 17.4. The zero-order chi connectivity index (χ0) is 22.4. The monoisotopic (exact) mass is 422 g/mol. The van der Waals surface area contributed by atoms with E-state index in [1.54, 1.807) is 50.5 Å². The molecule has 2 aromatic carbocycles. The van der Waals surface area contributed by atoms with Crippen molar-refractivity contribution < 1.29 is 28.9 Å². The number of ether oxygens (including phenoxy) is 3. The molecule has 1 N–H and O–H groups in total. The molecule has 0 bridgehead atoms. The summed E-state index contributed by atoms with van der Waals surface area (Å²) in [6.07, 6.45) is 2.32. The number of esters is 1. The Labute approximate surface area is 179 Å². The average Bonchev–Trinajstić information content (AvgIpc) is 2.77. The van der Waals surface area contributed by atoms with Crippen LogP contribution in [0.25, 0.3) is 17.0 Å². The fraction of sp³-hybridized carbons (Fsp3) is 0.174. The van der Waals surface area contributed by atoms with E-state index in [0.29, 0.717) is 28.3 Å². The molecule has 0 aliphatic carbocycles. The largest absolute Gasteiger partial charge is 0.504 e. The van der Waals surface area contributed by atoms with E-state index in [9.17, 15) is 14.7 Å². The minimum absolute atomic E-state index is 0.0141. The summed E-state index contributed by atoms with van der Waals surface area (Å²) in [5.41, 5.74) is 1.68. The summed E-state index contributed by atoms with van der Waals surface area (Å²) in [7, 11) is 4.63. The fourth-order valence-electron chi connectivity index (χ4n) is 2.66. The average molecular weight is 422 g/mol. The van der Waals surface area contributed by atoms with Gasteiger partial charge in [-0.25, -0.2) is 14.6 Å². The number of phenolic OH excluding ortho intramolecular Hbond substituents is 1. The van der Waals surface area contributed by atoms with Crippen LogP contribution in [0.2, 0.25) is 0 Å². The molecule has 0 unspecified atom stereocenters. The van der Waals surface area contributed by atoms with Crippen LogP contribution in [0.15, 0.2) is 54.6 Å². The summed E-state index contributed by atoms with van der Waals surface area (Å²) in [6, 6.07) is 13.5. The van der Waals surface area contributed by atoms with Gasteiger partial charge in [0, 0.05) is 25.6 Å². The van der Waals surface area contributed by atoms with Crippen molar-refractivity contribution in [2.24, 2.45) is 0 Å². The van der Waals surface area contributed by atoms with Gasteiger partial charge in [0.2, 0.25) is 0 Å². The molecule has 0 fully saturated rings. The first kappa shape index (κ1) is 21.6. The van der Waals surface area contributed by atoms with Gasteiger partial charge in [-0.05, 0) is 35.9 Å². The van der Waals surface area contributed by atoms with Crippen LogP contribution in [-0.4, -0.2) is 48.3 Å². The lowest BCUT2D eigenvalue weighted by Crippen LogP contribution is -2.25. The third kappa shape index (κ3) is 5.51. The molecule has 0 saturated carbocycles. The van der Waals surface area contributed by atoms with Gasteiger partial charge in [-0.1, -0.05) is 24.3 Å². The lowest BCUT2D eigenvalue weighted by Gasteiger charge is -2.12. The molecule has 0 saturated heterocycles. The van der Waals surface area contributed by atoms with E-state index in [1.807, 2.05) is 12.1 Å². The van der Waals surface area contributed by atoms with Gasteiger partial charge in [0.15, 0.2) is 17.2 Å². The van der Waals surface area contributed by atoms with Gasteiger partial charge in [-0.2, -0.15) is 0 Å². The van der Waals surface area contributed by atoms with Crippen molar-refractivity contribution in [2.45, 2.75) is 6.61 Å². The number of benzene rings is 2. The highest BCUT2D eigenvalue weighted by atomic mass is 16.6. The fourth-order valence-corrected chi connectivity index (χ4v) is 2.66. The molecule has 0 atom stereocenters. The number of aromatic hydroxyl groups is 1. The Balaban J connectivity index is 1.69. The number of aromatic nitrogens is 1. The third-order valence-electron chi connectivity index (χ3n) is 4.28. The number of methoxy groups -OCH3 is 1. The number of amides is 1. The van der Waals surface area contributed by atoms with Crippen LogP contribution in [0.1, 0.15) is 11.3 Å². The highest BCUT2D eigenvalue weighted by Gasteiger charge is 2.12. The summed E-state index contributed by atoms with van der Waals surface area (Å²) >= 11 is 0. The first-order valence-corrected chi connectivity index (χ1v) is 9.37. The van der Waals surface area contributed by atoms with Crippen molar-refractivity contribution >= 4 is 29.0 Å². The molecule has 0 spiro atoms. The Bertz CT molecular complexity index is 1140. The number of hydrogen-bond donors (Lipinski definition) is 1. The molecule has 0 radical (unpaired) electrons. The number of nitrogens with zero attached hydrogens (tertiary/aromatic N) is 2. The molecule has 1 amide bonds. The van der Waals surface area contributed by atoms with E-state index in [0.717, 1.165) is 5.39 Å². The van der Waals surface area contributed by atoms with Crippen molar-refractivity contribution in [3.63, 3.8) is 0 Å². The third-order valence-corrected chi connectivity index (χ3v) is 4.28. The SMILES string of the molecule is COc1cc(/C=C/C(=O)OCc2ccc3cccc(OC(=O)N(C)C)c3n2)ccc1O. The smallest absolute Gasteiger partial charge is 0.414 e. The second-order valence-electron chi connectivity index (χ2n) is 6.77. The summed E-state index contributed by atoms with van der Waals surface area (Å²) in [4.78, 5) is 29.7. The predicted octanol–water partition coefficient (Wildman–Crippen LogP) is 3.77. The van der Waals surface area contributed by atoms with Gasteiger partial charge in [0.1, 0.15) is 12.1 Å². The van der Waals surface area contributed by atoms with Crippen molar-refractivity contribution in [1.82, 2.24) is 9.88 Å². The van der Waals surface area contributed by atoms with Crippen LogP contribution in [0.4, 0.5) is 4.79 Å². The van der Waals surface area contributed by atoms with Crippen molar-refractivity contribution in [3.05, 3.63) is 65.9 Å². The van der Waals surface area contributed by atoms with Crippen LogP contribution in [0.5, 0.6) is 17.2 Å². The normalized spacial score (nSPS) is 10.8. The standard InChI is InChI=1S/C23H22N2O6/c1-25(2)23(28)31-19-6-4-5-16-9-10-17(24-22(16)19)14-30-21(27)12-8-15-7-11-18(26)20(13-15)29-3/h4-13,26H,14H2,1-3H3/b12-8+. The predicted molar refractivity (Wildman–Crippen MR) is 115 cm³/mol. The molecular weight excluding hydrogens is 400 g/mol. The molecule has 3 rings (SSSR count). The Morgan fingerprint density at radius 2 is 1.90 bits per heavy atom. The molecule has 0 aliphatic heterocycles. The van der Waals surface area contributed by atoms with Gasteiger partial charge >= 0.3 is 12.1 Å². The number of carbonyl (C=O) groups is 2. The molecule has 1 aromatic heterocycles. The number of pyridine rings is 1. The maximum Gasteiger partial charge on any atom is 0.414 e. The topological polar surface area (TPSA) is 98.2 Å². The first-order valence-electron chi connectivity index (χ1n) is 9.37. The zero-order valence-corrected chi connectivity index (χ0v) is 17.4. The minimum Gasteiger partial charge on any atom is -0.504 e. The highest BCUT2D eigenvalue weighted by molar-refractivity contribution is 5.88. The number of carbonyl (C=O) groups excluding carboxylic acids is 2. The Hall–Kier alpha value is -4.07. The van der Waals surface area contributed by atoms with Crippen molar-refractivity contribution in [2.75, 3.05) is 21.2 Å². The summed E-state index contributed by atoms with van der Waals surface area (Å²) in [6.45, 7) is -0.0476. The lowest BCUT2D eigenvalue weighted by atomic mass is 10.2. The van der Waals surface area contributed by atoms with Crippen LogP contribution in [-0.2, 0) is 16.1 Å². The van der Waals surface area contributed by atoms with E-state index in [2.05, 4.69) is 4.98 Å². The van der Waals surface area contributed by atoms with Gasteiger partial charge in [-0.3, -0.25) is 0 Å². The molecule has 31 heavy (non-hydrogen) atoms. The first-order chi connectivity index (χ1) is 14.9. The maximum atomic E-state index is 12.1. The number of hydrogen-bond acceptors (Lipinski definition) is 7.